The minimum atomic E-state index is -0.237. The van der Waals surface area contributed by atoms with E-state index in [4.69, 9.17) is 21.9 Å². The van der Waals surface area contributed by atoms with Crippen LogP contribution in [0.2, 0.25) is 0 Å². The number of methoxy groups -OCH3 is 1. The number of fused-ring (bicyclic) bond motifs is 1. The molecule has 7 nitrogen and oxygen atoms in total. The lowest BCUT2D eigenvalue weighted by atomic mass is 10.2. The fourth-order valence-corrected chi connectivity index (χ4v) is 6.46. The van der Waals surface area contributed by atoms with Crippen LogP contribution >= 0.6 is 35.3 Å². The predicted molar refractivity (Wildman–Crippen MR) is 143 cm³/mol. The van der Waals surface area contributed by atoms with Crippen molar-refractivity contribution < 1.29 is 9.53 Å². The van der Waals surface area contributed by atoms with Crippen LogP contribution in [-0.2, 0) is 4.79 Å². The monoisotopic (exact) mass is 524 g/mol. The van der Waals surface area contributed by atoms with Gasteiger partial charge in [0.2, 0.25) is 5.91 Å². The van der Waals surface area contributed by atoms with Crippen molar-refractivity contribution in [2.45, 2.75) is 24.9 Å². The molecule has 0 saturated carbocycles. The van der Waals surface area contributed by atoms with Gasteiger partial charge in [0.25, 0.3) is 5.56 Å². The number of nitrogens with zero attached hydrogens (tertiary/aromatic N) is 4. The molecule has 1 amide bonds. The quantitative estimate of drug-likeness (QED) is 0.201. The molecule has 0 bridgehead atoms. The molecule has 0 radical (unpaired) electrons. The molecule has 4 aromatic rings. The molecule has 0 aliphatic carbocycles. The van der Waals surface area contributed by atoms with Crippen molar-refractivity contribution in [3.8, 4) is 17.1 Å². The molecular formula is C25H24N4O3S3. The fraction of sp³-hybridized carbons (Fsp3) is 0.280. The van der Waals surface area contributed by atoms with E-state index in [-0.39, 0.29) is 17.2 Å². The average Bonchev–Trinajstić information content (AvgIpc) is 3.51. The second-order valence-corrected chi connectivity index (χ2v) is 10.8. The molecule has 0 unspecified atom stereocenters. The van der Waals surface area contributed by atoms with E-state index in [1.165, 1.54) is 27.7 Å². The molecule has 3 heterocycles. The van der Waals surface area contributed by atoms with Gasteiger partial charge in [0.15, 0.2) is 14.8 Å². The van der Waals surface area contributed by atoms with E-state index < -0.39 is 0 Å². The van der Waals surface area contributed by atoms with Gasteiger partial charge in [-0.25, -0.2) is 4.98 Å². The van der Waals surface area contributed by atoms with Crippen molar-refractivity contribution >= 4 is 51.6 Å². The largest absolute Gasteiger partial charge is 0.495 e. The van der Waals surface area contributed by atoms with Gasteiger partial charge in [-0.2, -0.15) is 0 Å². The molecule has 0 atom stereocenters. The lowest BCUT2D eigenvalue weighted by Crippen LogP contribution is -2.29. The Hall–Kier alpha value is -2.95. The lowest BCUT2D eigenvalue weighted by molar-refractivity contribution is -0.127. The highest BCUT2D eigenvalue weighted by Gasteiger charge is 2.23. The number of para-hydroxylation sites is 3. The first kappa shape index (κ1) is 23.8. The third kappa shape index (κ3) is 4.41. The Labute approximate surface area is 216 Å². The summed E-state index contributed by atoms with van der Waals surface area (Å²) in [6, 6.07) is 15.2. The number of carbonyl (C=O) groups is 1. The Morgan fingerprint density at radius 3 is 2.49 bits per heavy atom. The van der Waals surface area contributed by atoms with Gasteiger partial charge in [0.05, 0.1) is 24.2 Å². The standard InChI is InChI=1S/C25H24N4O3S3/c1-16-9-3-4-10-17(16)28-22-21(35-25(28)33)23(31)29(18-11-5-6-12-19(18)32-2)24(26-22)34-15-20(30)27-13-7-8-14-27/h3-6,9-12H,7-8,13-15H2,1-2H3. The Bertz CT molecular complexity index is 1530. The molecule has 35 heavy (non-hydrogen) atoms. The summed E-state index contributed by atoms with van der Waals surface area (Å²) in [7, 11) is 1.57. The van der Waals surface area contributed by atoms with Crippen molar-refractivity contribution in [1.82, 2.24) is 19.0 Å². The highest BCUT2D eigenvalue weighted by molar-refractivity contribution is 7.99. The maximum atomic E-state index is 13.9. The topological polar surface area (TPSA) is 69.4 Å². The van der Waals surface area contributed by atoms with E-state index in [0.717, 1.165) is 37.2 Å². The number of aromatic nitrogens is 3. The lowest BCUT2D eigenvalue weighted by Gasteiger charge is -2.17. The molecule has 2 aromatic heterocycles. The van der Waals surface area contributed by atoms with Gasteiger partial charge in [-0.3, -0.25) is 18.7 Å². The zero-order chi connectivity index (χ0) is 24.5. The minimum Gasteiger partial charge on any atom is -0.495 e. The van der Waals surface area contributed by atoms with Gasteiger partial charge in [0.1, 0.15) is 10.4 Å². The normalized spacial score (nSPS) is 13.5. The molecule has 0 N–H and O–H groups in total. The van der Waals surface area contributed by atoms with Crippen LogP contribution in [0, 0.1) is 10.9 Å². The molecule has 180 valence electrons. The zero-order valence-electron chi connectivity index (χ0n) is 19.4. The summed E-state index contributed by atoms with van der Waals surface area (Å²) in [5.74, 6) is 0.794. The van der Waals surface area contributed by atoms with Crippen LogP contribution in [0.5, 0.6) is 5.75 Å². The summed E-state index contributed by atoms with van der Waals surface area (Å²) in [5, 5.41) is 0.426. The van der Waals surface area contributed by atoms with Crippen molar-refractivity contribution in [3.05, 3.63) is 68.4 Å². The van der Waals surface area contributed by atoms with E-state index in [9.17, 15) is 9.59 Å². The van der Waals surface area contributed by atoms with Crippen LogP contribution in [0.25, 0.3) is 21.7 Å². The van der Waals surface area contributed by atoms with Gasteiger partial charge in [-0.05, 0) is 55.7 Å². The number of likely N-dealkylation sites (tertiary alicyclic amines) is 1. The molecule has 10 heteroatoms. The molecule has 1 aliphatic rings. The van der Waals surface area contributed by atoms with Gasteiger partial charge in [-0.1, -0.05) is 53.4 Å². The van der Waals surface area contributed by atoms with Crippen LogP contribution in [0.3, 0.4) is 0 Å². The SMILES string of the molecule is COc1ccccc1-n1c(SCC(=O)N2CCCC2)nc2c(sc(=S)n2-c2ccccc2C)c1=O. The van der Waals surface area contributed by atoms with Crippen molar-refractivity contribution in [2.75, 3.05) is 26.0 Å². The van der Waals surface area contributed by atoms with Crippen molar-refractivity contribution in [1.29, 1.82) is 0 Å². The number of hydrogen-bond donors (Lipinski definition) is 0. The molecule has 0 spiro atoms. The predicted octanol–water partition coefficient (Wildman–Crippen LogP) is 5.00. The first-order valence-corrected chi connectivity index (χ1v) is 13.5. The molecule has 1 saturated heterocycles. The van der Waals surface area contributed by atoms with Gasteiger partial charge >= 0.3 is 0 Å². The molecular weight excluding hydrogens is 501 g/mol. The smallest absolute Gasteiger partial charge is 0.278 e. The van der Waals surface area contributed by atoms with Gasteiger partial charge in [0, 0.05) is 13.1 Å². The molecule has 5 rings (SSSR count). The Kier molecular flexibility index (Phi) is 6.77. The number of hydrogen-bond acceptors (Lipinski definition) is 7. The molecule has 1 fully saturated rings. The highest BCUT2D eigenvalue weighted by Crippen LogP contribution is 2.31. The molecule has 2 aromatic carbocycles. The first-order valence-electron chi connectivity index (χ1n) is 11.3. The average molecular weight is 525 g/mol. The summed E-state index contributed by atoms with van der Waals surface area (Å²) < 4.78 is 9.94. The number of aryl methyl sites for hydroxylation is 1. The number of thioether (sulfide) groups is 1. The van der Waals surface area contributed by atoms with Crippen LogP contribution in [0.1, 0.15) is 18.4 Å². The van der Waals surface area contributed by atoms with E-state index in [0.29, 0.717) is 30.9 Å². The number of benzene rings is 2. The number of ether oxygens (including phenoxy) is 1. The highest BCUT2D eigenvalue weighted by atomic mass is 32.2. The third-order valence-corrected chi connectivity index (χ3v) is 8.32. The summed E-state index contributed by atoms with van der Waals surface area (Å²) in [6.45, 7) is 3.56. The first-order chi connectivity index (χ1) is 17.0. The second kappa shape index (κ2) is 9.96. The second-order valence-electron chi connectivity index (χ2n) is 8.23. The number of rotatable bonds is 6. The van der Waals surface area contributed by atoms with Crippen LogP contribution in [0.15, 0.2) is 58.5 Å². The van der Waals surface area contributed by atoms with E-state index in [1.807, 2.05) is 58.9 Å². The number of amides is 1. The van der Waals surface area contributed by atoms with E-state index in [1.54, 1.807) is 13.2 Å². The summed E-state index contributed by atoms with van der Waals surface area (Å²) in [5.41, 5.74) is 2.75. The maximum Gasteiger partial charge on any atom is 0.278 e. The minimum absolute atomic E-state index is 0.0504. The summed E-state index contributed by atoms with van der Waals surface area (Å²) in [6.07, 6.45) is 2.05. The van der Waals surface area contributed by atoms with Crippen molar-refractivity contribution in [3.63, 3.8) is 0 Å². The van der Waals surface area contributed by atoms with Crippen LogP contribution < -0.4 is 10.3 Å². The maximum absolute atomic E-state index is 13.9. The van der Waals surface area contributed by atoms with Crippen LogP contribution in [-0.4, -0.2) is 50.9 Å². The Balaban J connectivity index is 1.71. The van der Waals surface area contributed by atoms with Gasteiger partial charge < -0.3 is 9.64 Å². The molecule has 1 aliphatic heterocycles. The third-order valence-electron chi connectivity index (χ3n) is 6.04. The Morgan fingerprint density at radius 1 is 1.09 bits per heavy atom. The number of carbonyl (C=O) groups excluding carboxylic acids is 1. The summed E-state index contributed by atoms with van der Waals surface area (Å²) in [4.78, 5) is 33.5. The number of thiazole rings is 1. The Morgan fingerprint density at radius 2 is 1.77 bits per heavy atom. The van der Waals surface area contributed by atoms with Crippen LogP contribution in [0.4, 0.5) is 0 Å². The summed E-state index contributed by atoms with van der Waals surface area (Å²) >= 11 is 8.19. The fourth-order valence-electron chi connectivity index (χ4n) is 4.27. The van der Waals surface area contributed by atoms with Crippen molar-refractivity contribution in [2.24, 2.45) is 0 Å². The van der Waals surface area contributed by atoms with Gasteiger partial charge in [-0.15, -0.1) is 0 Å². The van der Waals surface area contributed by atoms with E-state index in [2.05, 4.69) is 0 Å². The van der Waals surface area contributed by atoms with E-state index >= 15 is 0 Å². The zero-order valence-corrected chi connectivity index (χ0v) is 21.8.